The quantitative estimate of drug-likeness (QED) is 0.815. The Hall–Kier alpha value is -1.39. The van der Waals surface area contributed by atoms with Crippen molar-refractivity contribution in [1.82, 2.24) is 9.88 Å². The zero-order valence-corrected chi connectivity index (χ0v) is 15.2. The second kappa shape index (κ2) is 7.66. The molecule has 0 N–H and O–H groups in total. The van der Waals surface area contributed by atoms with Crippen molar-refractivity contribution in [1.29, 1.82) is 0 Å². The van der Waals surface area contributed by atoms with Crippen LogP contribution < -0.4 is 4.90 Å². The van der Waals surface area contributed by atoms with E-state index in [2.05, 4.69) is 51.3 Å². The van der Waals surface area contributed by atoms with Gasteiger partial charge in [-0.2, -0.15) is 0 Å². The standard InChI is InChI=1S/C20H27N3S/c1-2-7-17(8-3-1)18-9-6-11-22(14-10-18)16-19-15-21-20(24-19)23-12-4-5-13-23/h1-3,7-8,15,18H,4-6,9-14,16H2/t18-/m0/s1. The summed E-state index contributed by atoms with van der Waals surface area (Å²) < 4.78 is 0. The summed E-state index contributed by atoms with van der Waals surface area (Å²) in [5, 5.41) is 1.24. The van der Waals surface area contributed by atoms with Crippen molar-refractivity contribution < 1.29 is 0 Å². The van der Waals surface area contributed by atoms with Crippen molar-refractivity contribution in [3.8, 4) is 0 Å². The van der Waals surface area contributed by atoms with Crippen molar-refractivity contribution in [3.63, 3.8) is 0 Å². The normalized spacial score (nSPS) is 22.7. The molecule has 0 unspecified atom stereocenters. The topological polar surface area (TPSA) is 19.4 Å². The molecule has 4 heteroatoms. The molecule has 0 bridgehead atoms. The average molecular weight is 342 g/mol. The molecular weight excluding hydrogens is 314 g/mol. The summed E-state index contributed by atoms with van der Waals surface area (Å²) in [5.74, 6) is 0.734. The van der Waals surface area contributed by atoms with Crippen molar-refractivity contribution in [3.05, 3.63) is 47.0 Å². The highest BCUT2D eigenvalue weighted by atomic mass is 32.1. The number of benzene rings is 1. The van der Waals surface area contributed by atoms with Gasteiger partial charge in [0.05, 0.1) is 0 Å². The van der Waals surface area contributed by atoms with Gasteiger partial charge in [-0.1, -0.05) is 30.3 Å². The van der Waals surface area contributed by atoms with Gasteiger partial charge in [-0.15, -0.1) is 11.3 Å². The first kappa shape index (κ1) is 16.1. The number of rotatable bonds is 4. The highest BCUT2D eigenvalue weighted by molar-refractivity contribution is 7.15. The van der Waals surface area contributed by atoms with Crippen molar-refractivity contribution in [2.45, 2.75) is 44.6 Å². The van der Waals surface area contributed by atoms with E-state index in [-0.39, 0.29) is 0 Å². The van der Waals surface area contributed by atoms with Crippen LogP contribution >= 0.6 is 11.3 Å². The number of hydrogen-bond donors (Lipinski definition) is 0. The lowest BCUT2D eigenvalue weighted by Gasteiger charge is -2.19. The molecule has 2 fully saturated rings. The lowest BCUT2D eigenvalue weighted by atomic mass is 9.92. The Kier molecular flexibility index (Phi) is 5.14. The van der Waals surface area contributed by atoms with E-state index in [1.54, 1.807) is 0 Å². The van der Waals surface area contributed by atoms with Gasteiger partial charge in [0.1, 0.15) is 0 Å². The minimum Gasteiger partial charge on any atom is -0.348 e. The van der Waals surface area contributed by atoms with Crippen molar-refractivity contribution in [2.24, 2.45) is 0 Å². The van der Waals surface area contributed by atoms with Crippen molar-refractivity contribution >= 4 is 16.5 Å². The van der Waals surface area contributed by atoms with Crippen LogP contribution in [0.1, 0.15) is 48.5 Å². The molecule has 0 saturated carbocycles. The van der Waals surface area contributed by atoms with Gasteiger partial charge in [0.2, 0.25) is 0 Å². The first-order valence-corrected chi connectivity index (χ1v) is 10.2. The van der Waals surface area contributed by atoms with Crippen LogP contribution in [0.15, 0.2) is 36.5 Å². The van der Waals surface area contributed by atoms with E-state index in [1.165, 1.54) is 73.9 Å². The molecular formula is C20H27N3S. The van der Waals surface area contributed by atoms with Gasteiger partial charge in [0, 0.05) is 30.7 Å². The van der Waals surface area contributed by atoms with E-state index >= 15 is 0 Å². The molecule has 1 aromatic heterocycles. The molecule has 128 valence electrons. The molecule has 0 amide bonds. The maximum Gasteiger partial charge on any atom is 0.185 e. The monoisotopic (exact) mass is 341 g/mol. The summed E-state index contributed by atoms with van der Waals surface area (Å²) in [4.78, 5) is 11.2. The van der Waals surface area contributed by atoms with Crippen LogP contribution in [-0.4, -0.2) is 36.1 Å². The highest BCUT2D eigenvalue weighted by Gasteiger charge is 2.20. The zero-order chi connectivity index (χ0) is 16.2. The molecule has 2 aromatic rings. The molecule has 2 saturated heterocycles. The van der Waals surface area contributed by atoms with E-state index in [1.807, 2.05) is 11.3 Å². The number of nitrogens with zero attached hydrogens (tertiary/aromatic N) is 3. The van der Waals surface area contributed by atoms with Crippen LogP contribution in [0.2, 0.25) is 0 Å². The van der Waals surface area contributed by atoms with E-state index < -0.39 is 0 Å². The van der Waals surface area contributed by atoms with Crippen molar-refractivity contribution in [2.75, 3.05) is 31.1 Å². The maximum absolute atomic E-state index is 4.67. The summed E-state index contributed by atoms with van der Waals surface area (Å²) in [6.07, 6.45) is 8.66. The molecule has 3 heterocycles. The first-order chi connectivity index (χ1) is 11.9. The second-order valence-corrected chi connectivity index (χ2v) is 8.21. The Bertz CT molecular complexity index is 633. The van der Waals surface area contributed by atoms with Gasteiger partial charge >= 0.3 is 0 Å². The minimum absolute atomic E-state index is 0.734. The SMILES string of the molecule is c1ccc([C@H]2CCCN(Cc3cnc(N4CCCC4)s3)CC2)cc1. The van der Waals surface area contributed by atoms with Gasteiger partial charge in [0.25, 0.3) is 0 Å². The lowest BCUT2D eigenvalue weighted by molar-refractivity contribution is 0.278. The van der Waals surface area contributed by atoms with E-state index in [0.29, 0.717) is 0 Å². The zero-order valence-electron chi connectivity index (χ0n) is 14.4. The molecule has 2 aliphatic heterocycles. The van der Waals surface area contributed by atoms with Crippen LogP contribution in [0, 0.1) is 0 Å². The Morgan fingerprint density at radius 2 is 1.79 bits per heavy atom. The molecule has 0 aliphatic carbocycles. The first-order valence-electron chi connectivity index (χ1n) is 9.35. The van der Waals surface area contributed by atoms with E-state index in [0.717, 1.165) is 12.5 Å². The Balaban J connectivity index is 1.34. The second-order valence-electron chi connectivity index (χ2n) is 7.12. The van der Waals surface area contributed by atoms with Crippen LogP contribution in [0.4, 0.5) is 5.13 Å². The molecule has 0 spiro atoms. The molecule has 0 radical (unpaired) electrons. The summed E-state index contributed by atoms with van der Waals surface area (Å²) >= 11 is 1.90. The molecule has 1 aromatic carbocycles. The third kappa shape index (κ3) is 3.81. The summed E-state index contributed by atoms with van der Waals surface area (Å²) in [6, 6.07) is 11.1. The van der Waals surface area contributed by atoms with Gasteiger partial charge in [-0.3, -0.25) is 4.90 Å². The lowest BCUT2D eigenvalue weighted by Crippen LogP contribution is -2.23. The highest BCUT2D eigenvalue weighted by Crippen LogP contribution is 2.30. The summed E-state index contributed by atoms with van der Waals surface area (Å²) in [5.41, 5.74) is 1.52. The number of hydrogen-bond acceptors (Lipinski definition) is 4. The fourth-order valence-corrected chi connectivity index (χ4v) is 5.02. The molecule has 24 heavy (non-hydrogen) atoms. The minimum atomic E-state index is 0.734. The van der Waals surface area contributed by atoms with Gasteiger partial charge in [0.15, 0.2) is 5.13 Å². The average Bonchev–Trinajstić information content (AvgIpc) is 3.25. The summed E-state index contributed by atoms with van der Waals surface area (Å²) in [7, 11) is 0. The molecule has 1 atom stereocenters. The number of thiazole rings is 1. The maximum atomic E-state index is 4.67. The Labute approximate surface area is 149 Å². The smallest absolute Gasteiger partial charge is 0.185 e. The van der Waals surface area contributed by atoms with Crippen LogP contribution in [-0.2, 0) is 6.54 Å². The number of aromatic nitrogens is 1. The summed E-state index contributed by atoms with van der Waals surface area (Å²) in [6.45, 7) is 5.88. The van der Waals surface area contributed by atoms with Crippen LogP contribution in [0.25, 0.3) is 0 Å². The van der Waals surface area contributed by atoms with Gasteiger partial charge in [-0.25, -0.2) is 4.98 Å². The molecule has 3 nitrogen and oxygen atoms in total. The third-order valence-electron chi connectivity index (χ3n) is 5.39. The predicted molar refractivity (Wildman–Crippen MR) is 102 cm³/mol. The number of likely N-dealkylation sites (tertiary alicyclic amines) is 1. The molecule has 2 aliphatic rings. The van der Waals surface area contributed by atoms with Gasteiger partial charge < -0.3 is 4.90 Å². The Morgan fingerprint density at radius 3 is 2.62 bits per heavy atom. The fraction of sp³-hybridized carbons (Fsp3) is 0.550. The number of anilines is 1. The van der Waals surface area contributed by atoms with E-state index in [9.17, 15) is 0 Å². The van der Waals surface area contributed by atoms with Crippen LogP contribution in [0.3, 0.4) is 0 Å². The predicted octanol–water partition coefficient (Wildman–Crippen LogP) is 4.51. The van der Waals surface area contributed by atoms with Crippen LogP contribution in [0.5, 0.6) is 0 Å². The van der Waals surface area contributed by atoms with Gasteiger partial charge in [-0.05, 0) is 56.7 Å². The van der Waals surface area contributed by atoms with E-state index in [4.69, 9.17) is 0 Å². The fourth-order valence-electron chi connectivity index (χ4n) is 4.02. The third-order valence-corrected chi connectivity index (χ3v) is 6.43. The Morgan fingerprint density at radius 1 is 0.958 bits per heavy atom. The largest absolute Gasteiger partial charge is 0.348 e. The molecule has 4 rings (SSSR count).